The molecule has 0 saturated carbocycles. The maximum absolute atomic E-state index is 11.7. The molecule has 0 aliphatic heterocycles. The molecule has 1 amide bonds. The molecule has 102 valence electrons. The van der Waals surface area contributed by atoms with Crippen molar-refractivity contribution < 1.29 is 17.6 Å². The first-order valence-electron chi connectivity index (χ1n) is 5.66. The van der Waals surface area contributed by atoms with E-state index in [1.807, 2.05) is 0 Å². The Morgan fingerprint density at radius 1 is 1.33 bits per heavy atom. The van der Waals surface area contributed by atoms with Gasteiger partial charge in [0.15, 0.2) is 9.84 Å². The summed E-state index contributed by atoms with van der Waals surface area (Å²) in [5.41, 5.74) is 0. The Kier molecular flexibility index (Phi) is 5.36. The van der Waals surface area contributed by atoms with Crippen molar-refractivity contribution in [3.63, 3.8) is 0 Å². The third kappa shape index (κ3) is 4.89. The Morgan fingerprint density at radius 2 is 2.00 bits per heavy atom. The minimum Gasteiger partial charge on any atom is -0.464 e. The van der Waals surface area contributed by atoms with Crippen LogP contribution in [0, 0.1) is 0 Å². The lowest BCUT2D eigenvalue weighted by molar-refractivity contribution is -0.118. The Labute approximate surface area is 107 Å². The monoisotopic (exact) mass is 274 g/mol. The molecule has 0 radical (unpaired) electrons. The summed E-state index contributed by atoms with van der Waals surface area (Å²) < 4.78 is 28.8. The highest BCUT2D eigenvalue weighted by Crippen LogP contribution is 2.11. The summed E-state index contributed by atoms with van der Waals surface area (Å²) in [6.45, 7) is 2.69. The molecule has 0 aromatic carbocycles. The molecule has 1 rings (SSSR count). The lowest BCUT2D eigenvalue weighted by Crippen LogP contribution is -2.30. The van der Waals surface area contributed by atoms with Gasteiger partial charge in [0.25, 0.3) is 0 Å². The zero-order valence-corrected chi connectivity index (χ0v) is 11.3. The van der Waals surface area contributed by atoms with Crippen LogP contribution in [0.25, 0.3) is 0 Å². The molecule has 0 fully saturated rings. The standard InChI is InChI=1S/C11H18N2O4S/c1-3-13-11(14)8-18(15,16)7-10-5-4-9(17-10)6-12-2/h4-5,12H,3,6-8H2,1-2H3,(H,13,14). The van der Waals surface area contributed by atoms with Gasteiger partial charge in [-0.25, -0.2) is 8.42 Å². The fraction of sp³-hybridized carbons (Fsp3) is 0.545. The van der Waals surface area contributed by atoms with Crippen molar-refractivity contribution in [2.75, 3.05) is 19.3 Å². The average Bonchev–Trinajstić information content (AvgIpc) is 2.64. The van der Waals surface area contributed by atoms with Gasteiger partial charge < -0.3 is 15.1 Å². The Morgan fingerprint density at radius 3 is 2.61 bits per heavy atom. The summed E-state index contributed by atoms with van der Waals surface area (Å²) in [5.74, 6) is -0.235. The first kappa shape index (κ1) is 14.7. The van der Waals surface area contributed by atoms with Gasteiger partial charge in [-0.2, -0.15) is 0 Å². The number of nitrogens with one attached hydrogen (secondary N) is 2. The number of carbonyl (C=O) groups excluding carboxylic acids is 1. The number of furan rings is 1. The van der Waals surface area contributed by atoms with Crippen LogP contribution in [0.4, 0.5) is 0 Å². The molecule has 6 nitrogen and oxygen atoms in total. The minimum atomic E-state index is -3.48. The first-order chi connectivity index (χ1) is 8.46. The van der Waals surface area contributed by atoms with Crippen LogP contribution in [-0.4, -0.2) is 33.7 Å². The van der Waals surface area contributed by atoms with Gasteiger partial charge in [-0.3, -0.25) is 4.79 Å². The van der Waals surface area contributed by atoms with Crippen LogP contribution in [-0.2, 0) is 26.9 Å². The molecule has 0 saturated heterocycles. The van der Waals surface area contributed by atoms with Gasteiger partial charge in [0.05, 0.1) is 6.54 Å². The van der Waals surface area contributed by atoms with E-state index in [1.165, 1.54) is 0 Å². The third-order valence-electron chi connectivity index (χ3n) is 2.16. The minimum absolute atomic E-state index is 0.256. The molecule has 2 N–H and O–H groups in total. The number of hydrogen-bond donors (Lipinski definition) is 2. The summed E-state index contributed by atoms with van der Waals surface area (Å²) in [7, 11) is -1.71. The van der Waals surface area contributed by atoms with Gasteiger partial charge in [0, 0.05) is 6.54 Å². The van der Waals surface area contributed by atoms with Crippen LogP contribution >= 0.6 is 0 Å². The van der Waals surface area contributed by atoms with E-state index in [0.717, 1.165) is 0 Å². The van der Waals surface area contributed by atoms with Crippen molar-refractivity contribution in [1.29, 1.82) is 0 Å². The van der Waals surface area contributed by atoms with Gasteiger partial charge in [0.2, 0.25) is 5.91 Å². The van der Waals surface area contributed by atoms with Gasteiger partial charge in [-0.15, -0.1) is 0 Å². The van der Waals surface area contributed by atoms with Crippen LogP contribution in [0.5, 0.6) is 0 Å². The van der Waals surface area contributed by atoms with Gasteiger partial charge in [-0.05, 0) is 26.1 Å². The molecule has 0 atom stereocenters. The SMILES string of the molecule is CCNC(=O)CS(=O)(=O)Cc1ccc(CNC)o1. The first-order valence-corrected chi connectivity index (χ1v) is 7.48. The third-order valence-corrected chi connectivity index (χ3v) is 3.58. The molecule has 7 heteroatoms. The highest BCUT2D eigenvalue weighted by Gasteiger charge is 2.18. The largest absolute Gasteiger partial charge is 0.464 e. The van der Waals surface area contributed by atoms with E-state index in [9.17, 15) is 13.2 Å². The van der Waals surface area contributed by atoms with E-state index in [1.54, 1.807) is 26.1 Å². The molecule has 18 heavy (non-hydrogen) atoms. The molecule has 1 aromatic rings. The number of sulfone groups is 1. The van der Waals surface area contributed by atoms with Gasteiger partial charge in [-0.1, -0.05) is 0 Å². The average molecular weight is 274 g/mol. The number of rotatable bonds is 7. The van der Waals surface area contributed by atoms with E-state index in [-0.39, 0.29) is 5.75 Å². The summed E-state index contributed by atoms with van der Waals surface area (Å²) in [5, 5.41) is 5.36. The lowest BCUT2D eigenvalue weighted by atomic mass is 10.4. The highest BCUT2D eigenvalue weighted by molar-refractivity contribution is 7.91. The molecule has 1 heterocycles. The zero-order chi connectivity index (χ0) is 13.6. The van der Waals surface area contributed by atoms with Crippen molar-refractivity contribution in [3.05, 3.63) is 23.7 Å². The fourth-order valence-electron chi connectivity index (χ4n) is 1.48. The van der Waals surface area contributed by atoms with Crippen molar-refractivity contribution in [3.8, 4) is 0 Å². The topological polar surface area (TPSA) is 88.4 Å². The molecule has 0 unspecified atom stereocenters. The summed E-state index contributed by atoms with van der Waals surface area (Å²) >= 11 is 0. The van der Waals surface area contributed by atoms with Crippen LogP contribution < -0.4 is 10.6 Å². The van der Waals surface area contributed by atoms with Crippen LogP contribution in [0.2, 0.25) is 0 Å². The Bertz CT molecular complexity index is 493. The van der Waals surface area contributed by atoms with Crippen LogP contribution in [0.1, 0.15) is 18.4 Å². The van der Waals surface area contributed by atoms with E-state index in [4.69, 9.17) is 4.42 Å². The summed E-state index contributed by atoms with van der Waals surface area (Å²) in [4.78, 5) is 11.2. The Hall–Kier alpha value is -1.34. The molecule has 0 aliphatic rings. The summed E-state index contributed by atoms with van der Waals surface area (Å²) in [6, 6.07) is 3.33. The number of amides is 1. The predicted octanol–water partition coefficient (Wildman–Crippen LogP) is 0.0499. The molecule has 0 aliphatic carbocycles. The van der Waals surface area contributed by atoms with Crippen LogP contribution in [0.15, 0.2) is 16.5 Å². The fourth-order valence-corrected chi connectivity index (χ4v) is 2.68. The number of hydrogen-bond acceptors (Lipinski definition) is 5. The molecule has 1 aromatic heterocycles. The van der Waals surface area contributed by atoms with E-state index < -0.39 is 21.5 Å². The maximum atomic E-state index is 11.7. The molecule has 0 spiro atoms. The van der Waals surface area contributed by atoms with Crippen molar-refractivity contribution in [1.82, 2.24) is 10.6 Å². The second kappa shape index (κ2) is 6.55. The smallest absolute Gasteiger partial charge is 0.235 e. The maximum Gasteiger partial charge on any atom is 0.235 e. The Balaban J connectivity index is 2.61. The number of carbonyl (C=O) groups is 1. The van der Waals surface area contributed by atoms with E-state index >= 15 is 0 Å². The molecular weight excluding hydrogens is 256 g/mol. The van der Waals surface area contributed by atoms with E-state index in [0.29, 0.717) is 24.6 Å². The molecule has 0 bridgehead atoms. The van der Waals surface area contributed by atoms with Crippen molar-refractivity contribution in [2.24, 2.45) is 0 Å². The van der Waals surface area contributed by atoms with Crippen LogP contribution in [0.3, 0.4) is 0 Å². The second-order valence-corrected chi connectivity index (χ2v) is 5.95. The van der Waals surface area contributed by atoms with Crippen molar-refractivity contribution >= 4 is 15.7 Å². The van der Waals surface area contributed by atoms with Crippen molar-refractivity contribution in [2.45, 2.75) is 19.2 Å². The van der Waals surface area contributed by atoms with Gasteiger partial charge in [0.1, 0.15) is 23.0 Å². The molecular formula is C11H18N2O4S. The second-order valence-electron chi connectivity index (χ2n) is 3.88. The summed E-state index contributed by atoms with van der Waals surface area (Å²) in [6.07, 6.45) is 0. The normalized spacial score (nSPS) is 11.4. The quantitative estimate of drug-likeness (QED) is 0.733. The van der Waals surface area contributed by atoms with E-state index in [2.05, 4.69) is 10.6 Å². The lowest BCUT2D eigenvalue weighted by Gasteiger charge is -2.03. The van der Waals surface area contributed by atoms with Gasteiger partial charge >= 0.3 is 0 Å². The zero-order valence-electron chi connectivity index (χ0n) is 10.5. The highest BCUT2D eigenvalue weighted by atomic mass is 32.2. The predicted molar refractivity (Wildman–Crippen MR) is 67.6 cm³/mol.